The Morgan fingerprint density at radius 3 is 2.82 bits per heavy atom. The van der Waals surface area contributed by atoms with E-state index >= 15 is 0 Å². The third-order valence-electron chi connectivity index (χ3n) is 2.03. The zero-order chi connectivity index (χ0) is 12.8. The Morgan fingerprint density at radius 2 is 2.24 bits per heavy atom. The molecule has 17 heavy (non-hydrogen) atoms. The normalized spacial score (nSPS) is 9.71. The maximum absolute atomic E-state index is 11.1. The molecular weight excluding hydrogens is 222 g/mol. The topological polar surface area (TPSA) is 70.3 Å². The molecule has 0 aliphatic rings. The van der Waals surface area contributed by atoms with Crippen LogP contribution in [0.2, 0.25) is 0 Å². The van der Waals surface area contributed by atoms with Gasteiger partial charge in [0.25, 0.3) is 0 Å². The molecule has 0 spiro atoms. The first-order valence-corrected chi connectivity index (χ1v) is 5.04. The summed E-state index contributed by atoms with van der Waals surface area (Å²) in [5.74, 6) is -1.69. The van der Waals surface area contributed by atoms with Crippen molar-refractivity contribution in [2.45, 2.75) is 13.5 Å². The van der Waals surface area contributed by atoms with E-state index < -0.39 is 11.9 Å². The molecule has 0 bridgehead atoms. The van der Waals surface area contributed by atoms with E-state index in [1.807, 2.05) is 0 Å². The Hall–Kier alpha value is -2.17. The fourth-order valence-corrected chi connectivity index (χ4v) is 1.15. The Kier molecular flexibility index (Phi) is 4.39. The van der Waals surface area contributed by atoms with Gasteiger partial charge in [-0.2, -0.15) is 0 Å². The van der Waals surface area contributed by atoms with Crippen LogP contribution < -0.4 is 9.67 Å². The highest BCUT2D eigenvalue weighted by atomic mass is 16.5. The minimum atomic E-state index is -1.24. The molecule has 0 aliphatic heterocycles. The average molecular weight is 235 g/mol. The number of carboxylic acid groups (broad SMARTS) is 1. The monoisotopic (exact) mass is 235 g/mol. The number of hydrogen-bond acceptors (Lipinski definition) is 4. The first kappa shape index (κ1) is 12.9. The largest absolute Gasteiger partial charge is 0.545 e. The van der Waals surface area contributed by atoms with Gasteiger partial charge in [0.1, 0.15) is 0 Å². The van der Waals surface area contributed by atoms with Crippen LogP contribution in [0.5, 0.6) is 0 Å². The highest BCUT2D eigenvalue weighted by molar-refractivity contribution is 5.86. The molecule has 5 heteroatoms. The van der Waals surface area contributed by atoms with Gasteiger partial charge >= 0.3 is 5.97 Å². The van der Waals surface area contributed by atoms with Gasteiger partial charge in [0.15, 0.2) is 25.5 Å². The minimum absolute atomic E-state index is 0.0822. The molecule has 0 fully saturated rings. The van der Waals surface area contributed by atoms with Crippen LogP contribution >= 0.6 is 0 Å². The summed E-state index contributed by atoms with van der Waals surface area (Å²) < 4.78 is 6.49. The molecule has 90 valence electrons. The number of carboxylic acids is 1. The molecule has 0 atom stereocenters. The minimum Gasteiger partial charge on any atom is -0.545 e. The van der Waals surface area contributed by atoms with Gasteiger partial charge in [0.05, 0.1) is 11.5 Å². The summed E-state index contributed by atoms with van der Waals surface area (Å²) >= 11 is 0. The second kappa shape index (κ2) is 5.79. The van der Waals surface area contributed by atoms with Gasteiger partial charge in [0, 0.05) is 11.6 Å². The van der Waals surface area contributed by atoms with Crippen LogP contribution in [0.1, 0.15) is 17.3 Å². The Morgan fingerprint density at radius 1 is 1.53 bits per heavy atom. The number of hydrogen-bond donors (Lipinski definition) is 0. The van der Waals surface area contributed by atoms with E-state index in [0.717, 1.165) is 0 Å². The quantitative estimate of drug-likeness (QED) is 0.390. The smallest absolute Gasteiger partial charge is 0.333 e. The molecule has 5 nitrogen and oxygen atoms in total. The summed E-state index contributed by atoms with van der Waals surface area (Å²) in [5.41, 5.74) is 0.414. The Labute approximate surface area is 99.0 Å². The zero-order valence-electron chi connectivity index (χ0n) is 9.51. The van der Waals surface area contributed by atoms with Crippen molar-refractivity contribution in [2.24, 2.45) is 0 Å². The van der Waals surface area contributed by atoms with E-state index in [0.29, 0.717) is 12.1 Å². The first-order valence-electron chi connectivity index (χ1n) is 5.04. The average Bonchev–Trinajstić information content (AvgIpc) is 2.29. The predicted molar refractivity (Wildman–Crippen MR) is 56.7 cm³/mol. The van der Waals surface area contributed by atoms with Gasteiger partial charge in [-0.25, -0.2) is 9.36 Å². The van der Waals surface area contributed by atoms with Crippen LogP contribution in [0.3, 0.4) is 0 Å². The van der Waals surface area contributed by atoms with E-state index in [1.54, 1.807) is 23.8 Å². The SMILES string of the molecule is C=C(C)C(=O)OCC[n+]1cccc(C(=O)[O-])c1. The molecule has 0 saturated carbocycles. The van der Waals surface area contributed by atoms with E-state index in [9.17, 15) is 14.7 Å². The molecule has 0 amide bonds. The number of carbonyl (C=O) groups is 2. The fraction of sp³-hybridized carbons (Fsp3) is 0.250. The summed E-state index contributed by atoms with van der Waals surface area (Å²) in [5, 5.41) is 10.6. The number of pyridine rings is 1. The standard InChI is InChI=1S/C12H13NO4/c1-9(2)12(16)17-7-6-13-5-3-4-10(8-13)11(14)15/h3-5,8H,1,6-7H2,2H3. The molecule has 1 heterocycles. The summed E-state index contributed by atoms with van der Waals surface area (Å²) in [6.07, 6.45) is 3.10. The Bertz CT molecular complexity index is 454. The molecule has 1 rings (SSSR count). The second-order valence-electron chi connectivity index (χ2n) is 3.53. The van der Waals surface area contributed by atoms with Crippen LogP contribution in [0.15, 0.2) is 36.7 Å². The van der Waals surface area contributed by atoms with Gasteiger partial charge < -0.3 is 14.6 Å². The Balaban J connectivity index is 2.52. The lowest BCUT2D eigenvalue weighted by molar-refractivity contribution is -0.698. The van der Waals surface area contributed by atoms with E-state index in [-0.39, 0.29) is 12.2 Å². The number of ether oxygens (including phenoxy) is 1. The van der Waals surface area contributed by atoms with Crippen molar-refractivity contribution in [3.8, 4) is 0 Å². The van der Waals surface area contributed by atoms with Crippen molar-refractivity contribution in [3.05, 3.63) is 42.2 Å². The maximum atomic E-state index is 11.1. The van der Waals surface area contributed by atoms with Crippen molar-refractivity contribution in [1.82, 2.24) is 0 Å². The zero-order valence-corrected chi connectivity index (χ0v) is 9.51. The lowest BCUT2D eigenvalue weighted by atomic mass is 10.3. The van der Waals surface area contributed by atoms with Crippen molar-refractivity contribution < 1.29 is 24.0 Å². The van der Waals surface area contributed by atoms with Gasteiger partial charge in [-0.3, -0.25) is 0 Å². The number of carbonyl (C=O) groups excluding carboxylic acids is 2. The first-order chi connectivity index (χ1) is 8.00. The molecule has 0 aromatic carbocycles. The lowest BCUT2D eigenvalue weighted by Crippen LogP contribution is -2.38. The second-order valence-corrected chi connectivity index (χ2v) is 3.53. The van der Waals surface area contributed by atoms with Gasteiger partial charge in [0.2, 0.25) is 0 Å². The maximum Gasteiger partial charge on any atom is 0.333 e. The molecule has 1 aromatic rings. The van der Waals surface area contributed by atoms with Crippen molar-refractivity contribution in [1.29, 1.82) is 0 Å². The molecular formula is C12H13NO4. The van der Waals surface area contributed by atoms with Gasteiger partial charge in [-0.1, -0.05) is 6.58 Å². The molecule has 0 saturated heterocycles. The van der Waals surface area contributed by atoms with Crippen molar-refractivity contribution in [2.75, 3.05) is 6.61 Å². The summed E-state index contributed by atoms with van der Waals surface area (Å²) in [7, 11) is 0. The van der Waals surface area contributed by atoms with Gasteiger partial charge in [-0.15, -0.1) is 0 Å². The lowest BCUT2D eigenvalue weighted by Gasteiger charge is -2.03. The van der Waals surface area contributed by atoms with Crippen molar-refractivity contribution >= 4 is 11.9 Å². The van der Waals surface area contributed by atoms with Crippen LogP contribution in [0, 0.1) is 0 Å². The fourth-order valence-electron chi connectivity index (χ4n) is 1.15. The van der Waals surface area contributed by atoms with Crippen LogP contribution in [-0.2, 0) is 16.1 Å². The summed E-state index contributed by atoms with van der Waals surface area (Å²) in [4.78, 5) is 21.7. The molecule has 1 aromatic heterocycles. The van der Waals surface area contributed by atoms with Crippen LogP contribution in [-0.4, -0.2) is 18.5 Å². The third-order valence-corrected chi connectivity index (χ3v) is 2.03. The van der Waals surface area contributed by atoms with E-state index in [1.165, 1.54) is 12.3 Å². The molecule has 0 radical (unpaired) electrons. The molecule has 0 unspecified atom stereocenters. The van der Waals surface area contributed by atoms with Crippen LogP contribution in [0.4, 0.5) is 0 Å². The molecule has 0 aliphatic carbocycles. The van der Waals surface area contributed by atoms with Crippen molar-refractivity contribution in [3.63, 3.8) is 0 Å². The third kappa shape index (κ3) is 4.06. The molecule has 0 N–H and O–H groups in total. The highest BCUT2D eigenvalue weighted by Crippen LogP contribution is 1.93. The highest BCUT2D eigenvalue weighted by Gasteiger charge is 2.06. The van der Waals surface area contributed by atoms with Crippen LogP contribution in [0.25, 0.3) is 0 Å². The van der Waals surface area contributed by atoms with E-state index in [2.05, 4.69) is 6.58 Å². The number of esters is 1. The summed E-state index contributed by atoms with van der Waals surface area (Å²) in [6.45, 7) is 5.55. The van der Waals surface area contributed by atoms with E-state index in [4.69, 9.17) is 4.74 Å². The predicted octanol–water partition coefficient (Wildman–Crippen LogP) is -0.543. The summed E-state index contributed by atoms with van der Waals surface area (Å²) in [6, 6.07) is 3.03. The van der Waals surface area contributed by atoms with Gasteiger partial charge in [-0.05, 0) is 13.0 Å². The number of aromatic nitrogens is 1. The number of rotatable bonds is 5. The number of aromatic carboxylic acids is 1. The number of nitrogens with zero attached hydrogens (tertiary/aromatic N) is 1.